The lowest BCUT2D eigenvalue weighted by atomic mass is 10.0. The molecule has 0 aliphatic carbocycles. The average molecular weight is 260 g/mol. The van der Waals surface area contributed by atoms with Gasteiger partial charge >= 0.3 is 0 Å². The maximum atomic E-state index is 12.5. The largest absolute Gasteiger partial charge is 0.353 e. The molecule has 1 heterocycles. The number of rotatable bonds is 2. The van der Waals surface area contributed by atoms with Crippen LogP contribution in [0.25, 0.3) is 0 Å². The lowest BCUT2D eigenvalue weighted by molar-refractivity contribution is -0.127. The molecule has 4 heteroatoms. The number of hydrogen-bond acceptors (Lipinski definition) is 2. The van der Waals surface area contributed by atoms with Crippen molar-refractivity contribution >= 4 is 11.8 Å². The number of amides is 2. The van der Waals surface area contributed by atoms with E-state index in [1.54, 1.807) is 4.90 Å². The number of benzene rings is 1. The third kappa shape index (κ3) is 2.62. The second-order valence-corrected chi connectivity index (χ2v) is 5.01. The van der Waals surface area contributed by atoms with Crippen molar-refractivity contribution in [2.24, 2.45) is 0 Å². The first-order valence-corrected chi connectivity index (χ1v) is 6.70. The Balaban J connectivity index is 2.26. The van der Waals surface area contributed by atoms with Crippen LogP contribution in [0.15, 0.2) is 18.2 Å². The molecule has 102 valence electrons. The molecule has 19 heavy (non-hydrogen) atoms. The van der Waals surface area contributed by atoms with Crippen LogP contribution in [0.1, 0.15) is 34.8 Å². The van der Waals surface area contributed by atoms with Gasteiger partial charge in [0, 0.05) is 18.7 Å². The fourth-order valence-electron chi connectivity index (χ4n) is 2.40. The highest BCUT2D eigenvalue weighted by Crippen LogP contribution is 2.16. The van der Waals surface area contributed by atoms with Crippen molar-refractivity contribution in [2.45, 2.75) is 33.2 Å². The van der Waals surface area contributed by atoms with Gasteiger partial charge < -0.3 is 10.2 Å². The van der Waals surface area contributed by atoms with Crippen molar-refractivity contribution in [3.63, 3.8) is 0 Å². The quantitative estimate of drug-likeness (QED) is 0.879. The van der Waals surface area contributed by atoms with Crippen molar-refractivity contribution in [3.05, 3.63) is 34.9 Å². The number of aryl methyl sites for hydroxylation is 2. The van der Waals surface area contributed by atoms with Crippen LogP contribution in [0.2, 0.25) is 0 Å². The van der Waals surface area contributed by atoms with E-state index in [0.29, 0.717) is 25.1 Å². The van der Waals surface area contributed by atoms with Gasteiger partial charge in [-0.05, 0) is 43.5 Å². The molecule has 2 rings (SSSR count). The van der Waals surface area contributed by atoms with Gasteiger partial charge in [-0.2, -0.15) is 0 Å². The molecule has 2 amide bonds. The molecule has 1 aromatic carbocycles. The molecular weight excluding hydrogens is 240 g/mol. The summed E-state index contributed by atoms with van der Waals surface area (Å²) in [5, 5.41) is 2.81. The van der Waals surface area contributed by atoms with Crippen LogP contribution in [-0.4, -0.2) is 35.8 Å². The first kappa shape index (κ1) is 13.6. The predicted octanol–water partition coefficient (Wildman–Crippen LogP) is 1.65. The van der Waals surface area contributed by atoms with Crippen molar-refractivity contribution in [1.29, 1.82) is 0 Å². The summed E-state index contributed by atoms with van der Waals surface area (Å²) >= 11 is 0. The van der Waals surface area contributed by atoms with Gasteiger partial charge in [-0.25, -0.2) is 0 Å². The van der Waals surface area contributed by atoms with Gasteiger partial charge in [0.05, 0.1) is 0 Å². The number of carbonyl (C=O) groups is 2. The van der Waals surface area contributed by atoms with E-state index < -0.39 is 0 Å². The first-order chi connectivity index (χ1) is 9.04. The van der Waals surface area contributed by atoms with Gasteiger partial charge in [0.15, 0.2) is 0 Å². The standard InChI is InChI=1S/C15H20N2O2/c1-4-13-14(18)16-7-8-17(13)15(19)12-6-5-10(2)11(3)9-12/h5-6,9,13H,4,7-8H2,1-3H3,(H,16,18). The zero-order valence-electron chi connectivity index (χ0n) is 11.7. The molecule has 1 aromatic rings. The van der Waals surface area contributed by atoms with Crippen LogP contribution in [0.5, 0.6) is 0 Å². The van der Waals surface area contributed by atoms with E-state index in [4.69, 9.17) is 0 Å². The summed E-state index contributed by atoms with van der Waals surface area (Å²) in [6.45, 7) is 7.05. The smallest absolute Gasteiger partial charge is 0.254 e. The Kier molecular flexibility index (Phi) is 3.88. The van der Waals surface area contributed by atoms with Gasteiger partial charge in [0.1, 0.15) is 6.04 Å². The summed E-state index contributed by atoms with van der Waals surface area (Å²) in [7, 11) is 0. The van der Waals surface area contributed by atoms with Crippen molar-refractivity contribution in [1.82, 2.24) is 10.2 Å². The third-order valence-corrected chi connectivity index (χ3v) is 3.73. The molecule has 0 aromatic heterocycles. The maximum absolute atomic E-state index is 12.5. The Morgan fingerprint density at radius 3 is 2.74 bits per heavy atom. The van der Waals surface area contributed by atoms with Gasteiger partial charge in [-0.3, -0.25) is 9.59 Å². The third-order valence-electron chi connectivity index (χ3n) is 3.73. The highest BCUT2D eigenvalue weighted by molar-refractivity contribution is 5.98. The average Bonchev–Trinajstić information content (AvgIpc) is 2.40. The van der Waals surface area contributed by atoms with Crippen molar-refractivity contribution < 1.29 is 9.59 Å². The Bertz CT molecular complexity index is 511. The Morgan fingerprint density at radius 1 is 1.37 bits per heavy atom. The van der Waals surface area contributed by atoms with Gasteiger partial charge in [0.2, 0.25) is 5.91 Å². The molecule has 0 radical (unpaired) electrons. The molecule has 4 nitrogen and oxygen atoms in total. The minimum Gasteiger partial charge on any atom is -0.353 e. The van der Waals surface area contributed by atoms with E-state index in [9.17, 15) is 9.59 Å². The number of carbonyl (C=O) groups excluding carboxylic acids is 2. The van der Waals surface area contributed by atoms with E-state index >= 15 is 0 Å². The van der Waals surface area contributed by atoms with E-state index in [1.807, 2.05) is 39.0 Å². The van der Waals surface area contributed by atoms with Crippen LogP contribution in [0, 0.1) is 13.8 Å². The van der Waals surface area contributed by atoms with Gasteiger partial charge in [-0.1, -0.05) is 13.0 Å². The summed E-state index contributed by atoms with van der Waals surface area (Å²) in [5.41, 5.74) is 2.93. The lowest BCUT2D eigenvalue weighted by Gasteiger charge is -2.34. The predicted molar refractivity (Wildman–Crippen MR) is 74.0 cm³/mol. The molecular formula is C15H20N2O2. The Labute approximate surface area is 113 Å². The first-order valence-electron chi connectivity index (χ1n) is 6.70. The number of nitrogens with zero attached hydrogens (tertiary/aromatic N) is 1. The van der Waals surface area contributed by atoms with Crippen LogP contribution in [0.3, 0.4) is 0 Å². The summed E-state index contributed by atoms with van der Waals surface area (Å²) in [5.74, 6) is -0.101. The molecule has 1 aliphatic heterocycles. The molecule has 0 spiro atoms. The lowest BCUT2D eigenvalue weighted by Crippen LogP contribution is -2.56. The van der Waals surface area contributed by atoms with Crippen molar-refractivity contribution in [2.75, 3.05) is 13.1 Å². The summed E-state index contributed by atoms with van der Waals surface area (Å²) in [6, 6.07) is 5.34. The van der Waals surface area contributed by atoms with Crippen LogP contribution in [-0.2, 0) is 4.79 Å². The zero-order valence-corrected chi connectivity index (χ0v) is 11.7. The van der Waals surface area contributed by atoms with Crippen molar-refractivity contribution in [3.8, 4) is 0 Å². The van der Waals surface area contributed by atoms with Gasteiger partial charge in [0.25, 0.3) is 5.91 Å². The Hall–Kier alpha value is -1.84. The molecule has 1 aliphatic rings. The summed E-state index contributed by atoms with van der Waals surface area (Å²) in [4.78, 5) is 26.0. The fourth-order valence-corrected chi connectivity index (χ4v) is 2.40. The van der Waals surface area contributed by atoms with E-state index in [-0.39, 0.29) is 17.9 Å². The molecule has 1 atom stereocenters. The molecule has 0 bridgehead atoms. The Morgan fingerprint density at radius 2 is 2.11 bits per heavy atom. The second kappa shape index (κ2) is 5.43. The number of hydrogen-bond donors (Lipinski definition) is 1. The minimum atomic E-state index is -0.345. The maximum Gasteiger partial charge on any atom is 0.254 e. The molecule has 0 saturated carbocycles. The zero-order chi connectivity index (χ0) is 14.0. The highest BCUT2D eigenvalue weighted by Gasteiger charge is 2.31. The summed E-state index contributed by atoms with van der Waals surface area (Å²) in [6.07, 6.45) is 0.641. The monoisotopic (exact) mass is 260 g/mol. The second-order valence-electron chi connectivity index (χ2n) is 5.01. The number of nitrogens with one attached hydrogen (secondary N) is 1. The molecule has 1 fully saturated rings. The van der Waals surface area contributed by atoms with Gasteiger partial charge in [-0.15, -0.1) is 0 Å². The van der Waals surface area contributed by atoms with E-state index in [0.717, 1.165) is 5.56 Å². The molecule has 1 saturated heterocycles. The molecule has 1 N–H and O–H groups in total. The highest BCUT2D eigenvalue weighted by atomic mass is 16.2. The SMILES string of the molecule is CCC1C(=O)NCCN1C(=O)c1ccc(C)c(C)c1. The number of piperazine rings is 1. The minimum absolute atomic E-state index is 0.0501. The van der Waals surface area contributed by atoms with E-state index in [1.165, 1.54) is 5.56 Å². The summed E-state index contributed by atoms with van der Waals surface area (Å²) < 4.78 is 0. The van der Waals surface area contributed by atoms with Crippen LogP contribution in [0.4, 0.5) is 0 Å². The topological polar surface area (TPSA) is 49.4 Å². The fraction of sp³-hybridized carbons (Fsp3) is 0.467. The normalized spacial score (nSPS) is 19.2. The van der Waals surface area contributed by atoms with E-state index in [2.05, 4.69) is 5.32 Å². The molecule has 1 unspecified atom stereocenters. The van der Waals surface area contributed by atoms with Crippen LogP contribution >= 0.6 is 0 Å². The van der Waals surface area contributed by atoms with Crippen LogP contribution < -0.4 is 5.32 Å².